The fourth-order valence-corrected chi connectivity index (χ4v) is 3.71. The normalized spacial score (nSPS) is 24.4. The molecule has 0 aromatic heterocycles. The third kappa shape index (κ3) is 4.77. The van der Waals surface area contributed by atoms with E-state index in [0.717, 1.165) is 17.4 Å². The van der Waals surface area contributed by atoms with Crippen LogP contribution in [-0.4, -0.2) is 40.6 Å². The van der Waals surface area contributed by atoms with Gasteiger partial charge in [-0.15, -0.1) is 0 Å². The van der Waals surface area contributed by atoms with Gasteiger partial charge in [0.15, 0.2) is 0 Å². The first kappa shape index (κ1) is 19.6. The van der Waals surface area contributed by atoms with E-state index < -0.39 is 22.4 Å². The van der Waals surface area contributed by atoms with E-state index in [2.05, 4.69) is 0 Å². The number of carbonyl (C=O) groups excluding carboxylic acids is 1. The van der Waals surface area contributed by atoms with Gasteiger partial charge >= 0.3 is 5.97 Å². The smallest absolute Gasteiger partial charge is 0.337 e. The van der Waals surface area contributed by atoms with Gasteiger partial charge in [0.2, 0.25) is 6.29 Å². The van der Waals surface area contributed by atoms with E-state index in [1.54, 1.807) is 0 Å². The minimum atomic E-state index is -3.59. The Balaban J connectivity index is 1.78. The number of carbonyl (C=O) groups is 1. The zero-order valence-corrected chi connectivity index (χ0v) is 16.0. The van der Waals surface area contributed by atoms with Gasteiger partial charge < -0.3 is 14.2 Å². The van der Waals surface area contributed by atoms with Crippen LogP contribution in [0.2, 0.25) is 0 Å². The van der Waals surface area contributed by atoms with Crippen molar-refractivity contribution in [3.63, 3.8) is 0 Å². The quantitative estimate of drug-likeness (QED) is 0.398. The lowest BCUT2D eigenvalue weighted by molar-refractivity contribution is -0.161. The van der Waals surface area contributed by atoms with E-state index in [-0.39, 0.29) is 18.4 Å². The Bertz CT molecular complexity index is 842. The van der Waals surface area contributed by atoms with E-state index in [1.807, 2.05) is 36.4 Å². The Morgan fingerprint density at radius 1 is 1.22 bits per heavy atom. The summed E-state index contributed by atoms with van der Waals surface area (Å²) < 4.78 is 44.1. The molecule has 0 radical (unpaired) electrons. The summed E-state index contributed by atoms with van der Waals surface area (Å²) in [5, 5.41) is 0. The minimum absolute atomic E-state index is 0.0942. The van der Waals surface area contributed by atoms with E-state index in [0.29, 0.717) is 18.6 Å². The molecule has 0 bridgehead atoms. The molecule has 0 saturated carbocycles. The van der Waals surface area contributed by atoms with Gasteiger partial charge in [-0.3, -0.25) is 4.18 Å². The van der Waals surface area contributed by atoms with Crippen LogP contribution in [-0.2, 0) is 39.9 Å². The summed E-state index contributed by atoms with van der Waals surface area (Å²) in [6.07, 6.45) is 4.17. The number of benzene rings is 1. The van der Waals surface area contributed by atoms with Crippen LogP contribution >= 0.6 is 0 Å². The van der Waals surface area contributed by atoms with Gasteiger partial charge in [0.1, 0.15) is 0 Å². The monoisotopic (exact) mass is 394 g/mol. The van der Waals surface area contributed by atoms with Crippen LogP contribution < -0.4 is 0 Å². The summed E-state index contributed by atoms with van der Waals surface area (Å²) in [7, 11) is -2.27. The van der Waals surface area contributed by atoms with Crippen LogP contribution in [0.15, 0.2) is 53.8 Å². The van der Waals surface area contributed by atoms with Crippen molar-refractivity contribution in [3.05, 3.63) is 59.4 Å². The van der Waals surface area contributed by atoms with Crippen LogP contribution in [0.3, 0.4) is 0 Å². The van der Waals surface area contributed by atoms with Crippen molar-refractivity contribution in [2.75, 3.05) is 20.0 Å². The number of ether oxygens (including phenoxy) is 3. The number of allylic oxidation sites excluding steroid dienone is 1. The van der Waals surface area contributed by atoms with Crippen molar-refractivity contribution in [3.8, 4) is 0 Å². The van der Waals surface area contributed by atoms with E-state index in [9.17, 15) is 13.2 Å². The number of rotatable bonds is 7. The predicted octanol–water partition coefficient (Wildman–Crippen LogP) is 2.16. The van der Waals surface area contributed by atoms with Crippen LogP contribution in [0.4, 0.5) is 0 Å². The Morgan fingerprint density at radius 2 is 1.96 bits per heavy atom. The van der Waals surface area contributed by atoms with Gasteiger partial charge in [-0.25, -0.2) is 4.79 Å². The number of hydrogen-bond acceptors (Lipinski definition) is 7. The highest BCUT2D eigenvalue weighted by Crippen LogP contribution is 2.44. The van der Waals surface area contributed by atoms with Crippen molar-refractivity contribution in [1.82, 2.24) is 0 Å². The number of esters is 1. The number of methoxy groups -OCH3 is 1. The second kappa shape index (κ2) is 8.24. The molecule has 1 aliphatic carbocycles. The van der Waals surface area contributed by atoms with Crippen molar-refractivity contribution < 1.29 is 31.6 Å². The third-order valence-corrected chi connectivity index (χ3v) is 5.18. The van der Waals surface area contributed by atoms with Gasteiger partial charge in [0, 0.05) is 5.92 Å². The molecular formula is C19H22O7S. The van der Waals surface area contributed by atoms with Crippen LogP contribution in [0, 0.1) is 11.8 Å². The van der Waals surface area contributed by atoms with Gasteiger partial charge in [-0.2, -0.15) is 8.42 Å². The molecule has 1 aromatic rings. The van der Waals surface area contributed by atoms with Gasteiger partial charge in [0.25, 0.3) is 10.1 Å². The molecule has 0 unspecified atom stereocenters. The molecule has 0 fully saturated rings. The molecule has 7 nitrogen and oxygen atoms in total. The highest BCUT2D eigenvalue weighted by molar-refractivity contribution is 7.86. The third-order valence-electron chi connectivity index (χ3n) is 4.64. The molecule has 2 aliphatic rings. The molecule has 1 heterocycles. The van der Waals surface area contributed by atoms with E-state index in [1.165, 1.54) is 13.4 Å². The number of hydrogen-bond donors (Lipinski definition) is 0. The lowest BCUT2D eigenvalue weighted by atomic mass is 9.83. The minimum Gasteiger partial charge on any atom is -0.471 e. The maximum Gasteiger partial charge on any atom is 0.337 e. The zero-order valence-electron chi connectivity index (χ0n) is 15.2. The lowest BCUT2D eigenvalue weighted by Gasteiger charge is -2.34. The average molecular weight is 394 g/mol. The van der Waals surface area contributed by atoms with Crippen molar-refractivity contribution in [2.45, 2.75) is 19.3 Å². The topological polar surface area (TPSA) is 88.1 Å². The summed E-state index contributed by atoms with van der Waals surface area (Å²) in [6, 6.07) is 9.63. The fourth-order valence-electron chi connectivity index (χ4n) is 3.36. The van der Waals surface area contributed by atoms with Crippen molar-refractivity contribution >= 4 is 16.1 Å². The molecule has 8 heteroatoms. The van der Waals surface area contributed by atoms with Gasteiger partial charge in [0.05, 0.1) is 44.3 Å². The fraction of sp³-hybridized carbons (Fsp3) is 0.421. The molecule has 146 valence electrons. The first-order valence-electron chi connectivity index (χ1n) is 8.51. The highest BCUT2D eigenvalue weighted by Gasteiger charge is 2.45. The molecule has 3 atom stereocenters. The summed E-state index contributed by atoms with van der Waals surface area (Å²) in [5.41, 5.74) is 2.13. The zero-order chi connectivity index (χ0) is 19.4. The summed E-state index contributed by atoms with van der Waals surface area (Å²) >= 11 is 0. The summed E-state index contributed by atoms with van der Waals surface area (Å²) in [4.78, 5) is 12.1. The van der Waals surface area contributed by atoms with Gasteiger partial charge in [-0.05, 0) is 17.6 Å². The van der Waals surface area contributed by atoms with Crippen molar-refractivity contribution in [2.24, 2.45) is 11.8 Å². The maximum atomic E-state index is 12.1. The molecule has 0 amide bonds. The summed E-state index contributed by atoms with van der Waals surface area (Å²) in [5.74, 6) is -0.995. The molecule has 1 aliphatic heterocycles. The standard InChI is InChI=1S/C19H22O7S/c1-23-18(20)16-12-25-19(24-10-13-6-4-3-5-7-13)17-14(8-9-15(16)17)11-26-27(2,21)22/h3-8,12,15,17,19H,9-11H2,1-2H3/t15-,17-,19-/m1/s1. The second-order valence-corrected chi connectivity index (χ2v) is 8.12. The highest BCUT2D eigenvalue weighted by atomic mass is 32.2. The molecule has 3 rings (SSSR count). The maximum absolute atomic E-state index is 12.1. The molecule has 0 saturated heterocycles. The largest absolute Gasteiger partial charge is 0.471 e. The van der Waals surface area contributed by atoms with Crippen LogP contribution in [0.5, 0.6) is 0 Å². The molecule has 27 heavy (non-hydrogen) atoms. The number of fused-ring (bicyclic) bond motifs is 1. The SMILES string of the molecule is COC(=O)C1=CO[C@@H](OCc2ccccc2)[C@@H]2C(COS(C)(=O)=O)=CC[C@H]12. The summed E-state index contributed by atoms with van der Waals surface area (Å²) in [6.45, 7) is 0.235. The molecule has 1 aromatic carbocycles. The van der Waals surface area contributed by atoms with E-state index >= 15 is 0 Å². The Hall–Kier alpha value is -2.16. The van der Waals surface area contributed by atoms with Crippen LogP contribution in [0.25, 0.3) is 0 Å². The van der Waals surface area contributed by atoms with E-state index in [4.69, 9.17) is 18.4 Å². The van der Waals surface area contributed by atoms with Crippen LogP contribution in [0.1, 0.15) is 12.0 Å². The van der Waals surface area contributed by atoms with Gasteiger partial charge in [-0.1, -0.05) is 36.4 Å². The first-order valence-corrected chi connectivity index (χ1v) is 10.3. The molecule has 0 N–H and O–H groups in total. The molecular weight excluding hydrogens is 372 g/mol. The first-order chi connectivity index (χ1) is 12.9. The predicted molar refractivity (Wildman–Crippen MR) is 96.7 cm³/mol. The Labute approximate surface area is 158 Å². The Kier molecular flexibility index (Phi) is 5.98. The second-order valence-electron chi connectivity index (χ2n) is 6.48. The molecule has 0 spiro atoms. The lowest BCUT2D eigenvalue weighted by Crippen LogP contribution is -2.37. The average Bonchev–Trinajstić information content (AvgIpc) is 3.08. The Morgan fingerprint density at radius 3 is 2.63 bits per heavy atom. The van der Waals surface area contributed by atoms with Crippen molar-refractivity contribution in [1.29, 1.82) is 0 Å².